The number of halogens is 1. The molecular formula is C11H14ClNO2S. The highest BCUT2D eigenvalue weighted by atomic mass is 35.5. The third-order valence-electron chi connectivity index (χ3n) is 2.97. The van der Waals surface area contributed by atoms with Crippen LogP contribution in [0.5, 0.6) is 0 Å². The predicted octanol–water partition coefficient (Wildman–Crippen LogP) is 2.30. The van der Waals surface area contributed by atoms with Gasteiger partial charge in [-0.05, 0) is 19.1 Å². The quantitative estimate of drug-likeness (QED) is 0.905. The highest BCUT2D eigenvalue weighted by molar-refractivity contribution is 7.16. The summed E-state index contributed by atoms with van der Waals surface area (Å²) in [6.45, 7) is 2.73. The lowest BCUT2D eigenvalue weighted by Gasteiger charge is -2.23. The Morgan fingerprint density at radius 3 is 2.94 bits per heavy atom. The molecule has 3 nitrogen and oxygen atoms in total. The molecule has 1 aromatic rings. The van der Waals surface area contributed by atoms with E-state index in [4.69, 9.17) is 16.7 Å². The van der Waals surface area contributed by atoms with Crippen molar-refractivity contribution in [1.82, 2.24) is 4.90 Å². The summed E-state index contributed by atoms with van der Waals surface area (Å²) in [6, 6.07) is 3.86. The number of carbonyl (C=O) groups is 1. The lowest BCUT2D eigenvalue weighted by molar-refractivity contribution is -0.129. The van der Waals surface area contributed by atoms with E-state index < -0.39 is 0 Å². The lowest BCUT2D eigenvalue weighted by atomic mass is 10.1. The summed E-state index contributed by atoms with van der Waals surface area (Å²) >= 11 is 7.38. The largest absolute Gasteiger partial charge is 0.396 e. The molecule has 1 aromatic heterocycles. The topological polar surface area (TPSA) is 40.5 Å². The average Bonchev–Trinajstić information content (AvgIpc) is 2.83. The number of aliphatic hydroxyl groups is 1. The van der Waals surface area contributed by atoms with Crippen LogP contribution in [-0.2, 0) is 4.79 Å². The summed E-state index contributed by atoms with van der Waals surface area (Å²) in [5, 5.41) is 9.06. The minimum atomic E-state index is 0.0570. The van der Waals surface area contributed by atoms with Gasteiger partial charge in [0.25, 0.3) is 0 Å². The van der Waals surface area contributed by atoms with E-state index >= 15 is 0 Å². The first kappa shape index (κ1) is 11.9. The van der Waals surface area contributed by atoms with Crippen molar-refractivity contribution in [1.29, 1.82) is 0 Å². The third kappa shape index (κ3) is 2.24. The molecule has 1 saturated heterocycles. The molecule has 88 valence electrons. The third-order valence-corrected chi connectivity index (χ3v) is 4.37. The van der Waals surface area contributed by atoms with Gasteiger partial charge in [-0.3, -0.25) is 4.79 Å². The Morgan fingerprint density at radius 1 is 1.69 bits per heavy atom. The number of rotatable bonds is 3. The van der Waals surface area contributed by atoms with E-state index in [0.29, 0.717) is 13.0 Å². The Balaban J connectivity index is 2.10. The first-order chi connectivity index (χ1) is 7.61. The maximum atomic E-state index is 11.8. The molecule has 2 atom stereocenters. The van der Waals surface area contributed by atoms with Crippen molar-refractivity contribution < 1.29 is 9.90 Å². The van der Waals surface area contributed by atoms with Gasteiger partial charge in [-0.2, -0.15) is 0 Å². The van der Waals surface area contributed by atoms with E-state index in [0.717, 1.165) is 9.21 Å². The fourth-order valence-electron chi connectivity index (χ4n) is 2.01. The Kier molecular flexibility index (Phi) is 3.52. The zero-order chi connectivity index (χ0) is 11.7. The van der Waals surface area contributed by atoms with E-state index in [1.807, 2.05) is 24.0 Å². The second-order valence-electron chi connectivity index (χ2n) is 4.12. The highest BCUT2D eigenvalue weighted by Gasteiger charge is 2.33. The molecule has 0 spiro atoms. The maximum absolute atomic E-state index is 11.8. The number of aliphatic hydroxyl groups excluding tert-OH is 1. The normalized spacial score (nSPS) is 22.8. The zero-order valence-corrected chi connectivity index (χ0v) is 10.6. The van der Waals surface area contributed by atoms with E-state index in [2.05, 4.69) is 0 Å². The molecule has 1 fully saturated rings. The molecule has 2 unspecified atom stereocenters. The molecular weight excluding hydrogens is 246 g/mol. The van der Waals surface area contributed by atoms with Gasteiger partial charge in [0.1, 0.15) is 0 Å². The van der Waals surface area contributed by atoms with E-state index in [-0.39, 0.29) is 24.5 Å². The summed E-state index contributed by atoms with van der Waals surface area (Å²) in [5.74, 6) is 0.210. The van der Waals surface area contributed by atoms with Crippen LogP contribution >= 0.6 is 22.9 Å². The van der Waals surface area contributed by atoms with Gasteiger partial charge >= 0.3 is 0 Å². The Bertz CT molecular complexity index is 393. The lowest BCUT2D eigenvalue weighted by Crippen LogP contribution is -2.28. The zero-order valence-electron chi connectivity index (χ0n) is 9.02. The first-order valence-corrected chi connectivity index (χ1v) is 6.47. The van der Waals surface area contributed by atoms with Crippen LogP contribution in [0.15, 0.2) is 12.1 Å². The Labute approximate surface area is 104 Å². The fourth-order valence-corrected chi connectivity index (χ4v) is 3.14. The van der Waals surface area contributed by atoms with Crippen molar-refractivity contribution in [2.75, 3.05) is 13.2 Å². The molecule has 0 aromatic carbocycles. The summed E-state index contributed by atoms with van der Waals surface area (Å²) in [4.78, 5) is 14.7. The second kappa shape index (κ2) is 4.73. The fraction of sp³-hybridized carbons (Fsp3) is 0.545. The minimum Gasteiger partial charge on any atom is -0.396 e. The molecule has 2 heterocycles. The van der Waals surface area contributed by atoms with Crippen LogP contribution in [0, 0.1) is 5.92 Å². The summed E-state index contributed by atoms with van der Waals surface area (Å²) < 4.78 is 0.743. The number of amides is 1. The number of nitrogens with zero attached hydrogens (tertiary/aromatic N) is 1. The van der Waals surface area contributed by atoms with Gasteiger partial charge in [0.2, 0.25) is 5.91 Å². The van der Waals surface area contributed by atoms with Crippen LogP contribution in [0.25, 0.3) is 0 Å². The number of hydrogen-bond acceptors (Lipinski definition) is 3. The van der Waals surface area contributed by atoms with Crippen LogP contribution < -0.4 is 0 Å². The van der Waals surface area contributed by atoms with Crippen LogP contribution in [0.4, 0.5) is 0 Å². The van der Waals surface area contributed by atoms with Crippen LogP contribution in [0.1, 0.15) is 24.3 Å². The van der Waals surface area contributed by atoms with Gasteiger partial charge in [0, 0.05) is 30.4 Å². The Hall–Kier alpha value is -0.580. The Morgan fingerprint density at radius 2 is 2.44 bits per heavy atom. The molecule has 0 saturated carbocycles. The summed E-state index contributed by atoms with van der Waals surface area (Å²) in [5.41, 5.74) is 0. The molecule has 1 aliphatic rings. The van der Waals surface area contributed by atoms with E-state index in [9.17, 15) is 4.79 Å². The molecule has 5 heteroatoms. The average molecular weight is 260 g/mol. The minimum absolute atomic E-state index is 0.0570. The van der Waals surface area contributed by atoms with E-state index in [1.54, 1.807) is 0 Å². The molecule has 1 N–H and O–H groups in total. The van der Waals surface area contributed by atoms with Crippen molar-refractivity contribution in [2.45, 2.75) is 19.4 Å². The van der Waals surface area contributed by atoms with E-state index in [1.165, 1.54) is 11.3 Å². The van der Waals surface area contributed by atoms with Gasteiger partial charge < -0.3 is 10.0 Å². The molecule has 16 heavy (non-hydrogen) atoms. The van der Waals surface area contributed by atoms with Gasteiger partial charge in [0.05, 0.1) is 10.4 Å². The number of carbonyl (C=O) groups excluding carboxylic acids is 1. The van der Waals surface area contributed by atoms with Crippen LogP contribution in [0.3, 0.4) is 0 Å². The maximum Gasteiger partial charge on any atom is 0.223 e. The molecule has 1 aliphatic heterocycles. The number of hydrogen-bond donors (Lipinski definition) is 1. The standard InChI is InChI=1S/C11H14ClNO2S/c1-7(9-2-3-10(12)16-9)13-5-8(6-14)4-11(13)15/h2-3,7-8,14H,4-6H2,1H3. The first-order valence-electron chi connectivity index (χ1n) is 5.27. The monoisotopic (exact) mass is 259 g/mol. The summed E-state index contributed by atoms with van der Waals surface area (Å²) in [7, 11) is 0. The van der Waals surface area contributed by atoms with Gasteiger partial charge in [-0.1, -0.05) is 11.6 Å². The van der Waals surface area contributed by atoms with Gasteiger partial charge in [-0.25, -0.2) is 0 Å². The molecule has 1 amide bonds. The predicted molar refractivity (Wildman–Crippen MR) is 64.6 cm³/mol. The summed E-state index contributed by atoms with van der Waals surface area (Å²) in [6.07, 6.45) is 0.458. The second-order valence-corrected chi connectivity index (χ2v) is 5.86. The number of likely N-dealkylation sites (tertiary alicyclic amines) is 1. The van der Waals surface area contributed by atoms with Crippen molar-refractivity contribution >= 4 is 28.8 Å². The highest BCUT2D eigenvalue weighted by Crippen LogP contribution is 2.33. The van der Waals surface area contributed by atoms with Crippen LogP contribution in [-0.4, -0.2) is 29.1 Å². The molecule has 0 aliphatic carbocycles. The smallest absolute Gasteiger partial charge is 0.223 e. The van der Waals surface area contributed by atoms with Crippen molar-refractivity contribution in [3.8, 4) is 0 Å². The van der Waals surface area contributed by atoms with Crippen molar-refractivity contribution in [3.63, 3.8) is 0 Å². The van der Waals surface area contributed by atoms with Crippen molar-refractivity contribution in [2.24, 2.45) is 5.92 Å². The van der Waals surface area contributed by atoms with Crippen LogP contribution in [0.2, 0.25) is 4.34 Å². The molecule has 0 bridgehead atoms. The number of thiophene rings is 1. The van der Waals surface area contributed by atoms with Gasteiger partial charge in [-0.15, -0.1) is 11.3 Å². The van der Waals surface area contributed by atoms with Gasteiger partial charge in [0.15, 0.2) is 0 Å². The SMILES string of the molecule is CC(c1ccc(Cl)s1)N1CC(CO)CC1=O. The molecule has 2 rings (SSSR count). The van der Waals surface area contributed by atoms with Crippen molar-refractivity contribution in [3.05, 3.63) is 21.3 Å². The molecule has 0 radical (unpaired) electrons.